The van der Waals surface area contributed by atoms with Gasteiger partial charge in [-0.1, -0.05) is 54.6 Å². The first-order chi connectivity index (χ1) is 9.75. The summed E-state index contributed by atoms with van der Waals surface area (Å²) in [5.74, 6) is 0.900. The van der Waals surface area contributed by atoms with Gasteiger partial charge in [-0.3, -0.25) is 0 Å². The molecule has 0 heterocycles. The zero-order chi connectivity index (χ0) is 13.7. The van der Waals surface area contributed by atoms with E-state index in [0.717, 1.165) is 6.54 Å². The van der Waals surface area contributed by atoms with Crippen LogP contribution in [0.5, 0.6) is 0 Å². The molecular formula is C19H19N. The molecule has 0 amide bonds. The molecule has 100 valence electrons. The third kappa shape index (κ3) is 1.60. The molecule has 0 aromatic heterocycles. The summed E-state index contributed by atoms with van der Waals surface area (Å²) in [5.41, 5.74) is 7.57. The molecule has 2 bridgehead atoms. The highest BCUT2D eigenvalue weighted by atomic mass is 15.0. The van der Waals surface area contributed by atoms with Gasteiger partial charge in [-0.2, -0.15) is 0 Å². The second kappa shape index (κ2) is 4.32. The van der Waals surface area contributed by atoms with Gasteiger partial charge in [0.05, 0.1) is 0 Å². The minimum Gasteiger partial charge on any atom is -0.305 e. The second-order valence-electron chi connectivity index (χ2n) is 6.15. The molecule has 0 unspecified atom stereocenters. The molecule has 0 N–H and O–H groups in total. The highest BCUT2D eigenvalue weighted by Crippen LogP contribution is 2.51. The first kappa shape index (κ1) is 11.9. The summed E-state index contributed by atoms with van der Waals surface area (Å²) >= 11 is 0. The van der Waals surface area contributed by atoms with E-state index in [1.165, 1.54) is 22.3 Å². The third-order valence-electron chi connectivity index (χ3n) is 4.53. The summed E-state index contributed by atoms with van der Waals surface area (Å²) in [7, 11) is 4.31. The van der Waals surface area contributed by atoms with Gasteiger partial charge < -0.3 is 4.90 Å². The van der Waals surface area contributed by atoms with Gasteiger partial charge in [0, 0.05) is 18.4 Å². The van der Waals surface area contributed by atoms with Crippen LogP contribution in [-0.4, -0.2) is 25.5 Å². The summed E-state index contributed by atoms with van der Waals surface area (Å²) in [6.45, 7) is 1.05. The number of rotatable bonds is 2. The predicted octanol–water partition coefficient (Wildman–Crippen LogP) is 3.77. The van der Waals surface area contributed by atoms with Crippen LogP contribution in [0.4, 0.5) is 0 Å². The SMILES string of the molecule is CN(C)CC1=CC2c3ccccc3C1c1ccccc12. The van der Waals surface area contributed by atoms with Gasteiger partial charge in [0.25, 0.3) is 0 Å². The van der Waals surface area contributed by atoms with Crippen LogP contribution in [0.3, 0.4) is 0 Å². The molecule has 0 aliphatic heterocycles. The predicted molar refractivity (Wildman–Crippen MR) is 83.2 cm³/mol. The van der Waals surface area contributed by atoms with Crippen LogP contribution in [0, 0.1) is 0 Å². The Kier molecular flexibility index (Phi) is 2.58. The minimum atomic E-state index is 0.447. The van der Waals surface area contributed by atoms with Crippen LogP contribution in [0.15, 0.2) is 60.2 Å². The number of allylic oxidation sites excluding steroid dienone is 1. The average molecular weight is 261 g/mol. The number of benzene rings is 2. The van der Waals surface area contributed by atoms with Crippen molar-refractivity contribution in [3.05, 3.63) is 82.4 Å². The summed E-state index contributed by atoms with van der Waals surface area (Å²) < 4.78 is 0. The molecule has 20 heavy (non-hydrogen) atoms. The topological polar surface area (TPSA) is 3.24 Å². The summed E-state index contributed by atoms with van der Waals surface area (Å²) in [6.07, 6.45) is 2.50. The van der Waals surface area contributed by atoms with E-state index < -0.39 is 0 Å². The van der Waals surface area contributed by atoms with Gasteiger partial charge >= 0.3 is 0 Å². The lowest BCUT2D eigenvalue weighted by Crippen LogP contribution is -2.29. The summed E-state index contributed by atoms with van der Waals surface area (Å²) in [4.78, 5) is 2.28. The zero-order valence-corrected chi connectivity index (χ0v) is 12.0. The van der Waals surface area contributed by atoms with Crippen molar-refractivity contribution in [2.24, 2.45) is 0 Å². The Morgan fingerprint density at radius 3 is 1.80 bits per heavy atom. The van der Waals surface area contributed by atoms with Crippen molar-refractivity contribution < 1.29 is 0 Å². The van der Waals surface area contributed by atoms with E-state index >= 15 is 0 Å². The molecule has 2 aromatic carbocycles. The largest absolute Gasteiger partial charge is 0.305 e. The highest BCUT2D eigenvalue weighted by molar-refractivity contribution is 5.62. The first-order valence-electron chi connectivity index (χ1n) is 7.28. The zero-order valence-electron chi connectivity index (χ0n) is 12.0. The maximum atomic E-state index is 2.50. The molecule has 2 aromatic rings. The van der Waals surface area contributed by atoms with E-state index in [1.807, 2.05) is 0 Å². The fourth-order valence-corrected chi connectivity index (χ4v) is 3.85. The number of nitrogens with zero attached hydrogens (tertiary/aromatic N) is 1. The van der Waals surface area contributed by atoms with Crippen LogP contribution in [-0.2, 0) is 0 Å². The average Bonchev–Trinajstić information content (AvgIpc) is 2.47. The van der Waals surface area contributed by atoms with E-state index in [2.05, 4.69) is 73.6 Å². The van der Waals surface area contributed by atoms with Gasteiger partial charge in [-0.25, -0.2) is 0 Å². The Morgan fingerprint density at radius 1 is 0.800 bits per heavy atom. The normalized spacial score (nSPS) is 22.4. The summed E-state index contributed by atoms with van der Waals surface area (Å²) in [5, 5.41) is 0. The Bertz CT molecular complexity index is 649. The molecular weight excluding hydrogens is 242 g/mol. The van der Waals surface area contributed by atoms with E-state index in [9.17, 15) is 0 Å². The Labute approximate surface area is 120 Å². The fraction of sp³-hybridized carbons (Fsp3) is 0.263. The summed E-state index contributed by atoms with van der Waals surface area (Å²) in [6, 6.07) is 17.9. The Balaban J connectivity index is 1.93. The van der Waals surface area contributed by atoms with Crippen molar-refractivity contribution in [2.75, 3.05) is 20.6 Å². The maximum Gasteiger partial charge on any atom is 0.0318 e. The number of hydrogen-bond acceptors (Lipinski definition) is 1. The van der Waals surface area contributed by atoms with Crippen molar-refractivity contribution in [3.63, 3.8) is 0 Å². The quantitative estimate of drug-likeness (QED) is 0.744. The molecule has 0 radical (unpaired) electrons. The van der Waals surface area contributed by atoms with Crippen molar-refractivity contribution >= 4 is 0 Å². The van der Waals surface area contributed by atoms with Gasteiger partial charge in [-0.15, -0.1) is 0 Å². The molecule has 0 spiro atoms. The molecule has 1 nitrogen and oxygen atoms in total. The molecule has 3 aliphatic rings. The third-order valence-corrected chi connectivity index (χ3v) is 4.53. The smallest absolute Gasteiger partial charge is 0.0318 e. The Hall–Kier alpha value is -1.86. The van der Waals surface area contributed by atoms with E-state index in [4.69, 9.17) is 0 Å². The molecule has 0 fully saturated rings. The molecule has 0 saturated carbocycles. The molecule has 0 atom stereocenters. The maximum absolute atomic E-state index is 2.50. The molecule has 1 heteroatoms. The van der Waals surface area contributed by atoms with Crippen LogP contribution in [0.2, 0.25) is 0 Å². The van der Waals surface area contributed by atoms with E-state index in [0.29, 0.717) is 11.8 Å². The first-order valence-corrected chi connectivity index (χ1v) is 7.28. The molecule has 0 saturated heterocycles. The van der Waals surface area contributed by atoms with Gasteiger partial charge in [0.15, 0.2) is 0 Å². The van der Waals surface area contributed by atoms with Crippen molar-refractivity contribution in [2.45, 2.75) is 11.8 Å². The van der Waals surface area contributed by atoms with Crippen LogP contribution in [0.1, 0.15) is 34.1 Å². The second-order valence-corrected chi connectivity index (χ2v) is 6.15. The van der Waals surface area contributed by atoms with Crippen molar-refractivity contribution in [1.29, 1.82) is 0 Å². The molecule has 5 rings (SSSR count). The Morgan fingerprint density at radius 2 is 1.30 bits per heavy atom. The van der Waals surface area contributed by atoms with Crippen LogP contribution in [0.25, 0.3) is 0 Å². The van der Waals surface area contributed by atoms with Crippen molar-refractivity contribution in [1.82, 2.24) is 4.90 Å². The number of hydrogen-bond donors (Lipinski definition) is 0. The fourth-order valence-electron chi connectivity index (χ4n) is 3.85. The van der Waals surface area contributed by atoms with Crippen molar-refractivity contribution in [3.8, 4) is 0 Å². The highest BCUT2D eigenvalue weighted by Gasteiger charge is 2.37. The minimum absolute atomic E-state index is 0.447. The van der Waals surface area contributed by atoms with Gasteiger partial charge in [-0.05, 0) is 41.9 Å². The lowest BCUT2D eigenvalue weighted by atomic mass is 9.64. The lowest BCUT2D eigenvalue weighted by Gasteiger charge is -2.40. The van der Waals surface area contributed by atoms with Gasteiger partial charge in [0.2, 0.25) is 0 Å². The van der Waals surface area contributed by atoms with E-state index in [-0.39, 0.29) is 0 Å². The van der Waals surface area contributed by atoms with E-state index in [1.54, 1.807) is 5.57 Å². The standard InChI is InChI=1S/C19H19N/c1-20(2)12-13-11-18-14-7-3-5-9-16(14)19(13)17-10-6-4-8-15(17)18/h3-11,18-19H,12H2,1-2H3. The monoisotopic (exact) mass is 261 g/mol. The number of likely N-dealkylation sites (N-methyl/N-ethyl adjacent to an activating group) is 1. The molecule has 3 aliphatic carbocycles. The van der Waals surface area contributed by atoms with Crippen LogP contribution >= 0.6 is 0 Å². The van der Waals surface area contributed by atoms with Crippen LogP contribution < -0.4 is 0 Å². The van der Waals surface area contributed by atoms with Gasteiger partial charge in [0.1, 0.15) is 0 Å². The lowest BCUT2D eigenvalue weighted by molar-refractivity contribution is 0.432.